The lowest BCUT2D eigenvalue weighted by molar-refractivity contribution is 0.527. The molecular weight excluding hydrogens is 386 g/mol. The number of unbranched alkanes of at least 4 members (excludes halogenated alkanes) is 18. The molecule has 2 N–H and O–H groups in total. The van der Waals surface area contributed by atoms with E-state index >= 15 is 0 Å². The highest BCUT2D eigenvalue weighted by atomic mass is 14.6. The van der Waals surface area contributed by atoms with Crippen molar-refractivity contribution < 1.29 is 0 Å². The Morgan fingerprint density at radius 1 is 0.531 bits per heavy atom. The summed E-state index contributed by atoms with van der Waals surface area (Å²) in [5.41, 5.74) is 9.55. The van der Waals surface area contributed by atoms with Gasteiger partial charge in [0.2, 0.25) is 0 Å². The molecule has 0 bridgehead atoms. The van der Waals surface area contributed by atoms with Crippen molar-refractivity contribution in [2.45, 2.75) is 161 Å². The van der Waals surface area contributed by atoms with E-state index in [9.17, 15) is 0 Å². The van der Waals surface area contributed by atoms with Gasteiger partial charge in [-0.1, -0.05) is 160 Å². The Balaban J connectivity index is 2.10. The number of benzene rings is 1. The van der Waals surface area contributed by atoms with Gasteiger partial charge in [-0.05, 0) is 30.4 Å². The van der Waals surface area contributed by atoms with Gasteiger partial charge in [0.05, 0.1) is 0 Å². The van der Waals surface area contributed by atoms with Crippen LogP contribution in [0, 0.1) is 0 Å². The molecule has 0 aliphatic heterocycles. The van der Waals surface area contributed by atoms with E-state index in [4.69, 9.17) is 5.73 Å². The zero-order valence-electron chi connectivity index (χ0n) is 22.0. The van der Waals surface area contributed by atoms with Gasteiger partial charge in [-0.15, -0.1) is 0 Å². The molecule has 186 valence electrons. The van der Waals surface area contributed by atoms with E-state index in [1.165, 1.54) is 146 Å². The number of rotatable bonds is 23. The smallest absolute Gasteiger partial charge is 0.0297 e. The first kappa shape index (κ1) is 29.2. The van der Waals surface area contributed by atoms with E-state index in [0.717, 1.165) is 6.42 Å². The van der Waals surface area contributed by atoms with Crippen LogP contribution in [0.25, 0.3) is 0 Å². The van der Waals surface area contributed by atoms with E-state index in [2.05, 4.69) is 38.1 Å². The average Bonchev–Trinajstić information content (AvgIpc) is 2.81. The lowest BCUT2D eigenvalue weighted by Gasteiger charge is -2.16. The second-order valence-corrected chi connectivity index (χ2v) is 10.2. The number of hydrogen-bond acceptors (Lipinski definition) is 1. The van der Waals surface area contributed by atoms with E-state index in [-0.39, 0.29) is 6.04 Å². The second-order valence-electron chi connectivity index (χ2n) is 10.2. The maximum Gasteiger partial charge on any atom is 0.0297 e. The molecule has 0 aromatic heterocycles. The molecular formula is C31H57N. The fourth-order valence-electron chi connectivity index (χ4n) is 4.93. The van der Waals surface area contributed by atoms with Crippen LogP contribution >= 0.6 is 0 Å². The summed E-state index contributed by atoms with van der Waals surface area (Å²) in [7, 11) is 0. The number of aryl methyl sites for hydroxylation is 1. The summed E-state index contributed by atoms with van der Waals surface area (Å²) in [5, 5.41) is 0. The molecule has 1 aromatic carbocycles. The molecule has 32 heavy (non-hydrogen) atoms. The van der Waals surface area contributed by atoms with Crippen molar-refractivity contribution in [1.82, 2.24) is 0 Å². The molecule has 0 radical (unpaired) electrons. The highest BCUT2D eigenvalue weighted by molar-refractivity contribution is 5.30. The van der Waals surface area contributed by atoms with Crippen LogP contribution in [0.4, 0.5) is 0 Å². The quantitative estimate of drug-likeness (QED) is 0.167. The van der Waals surface area contributed by atoms with Gasteiger partial charge >= 0.3 is 0 Å². The molecule has 1 unspecified atom stereocenters. The molecule has 0 saturated carbocycles. The van der Waals surface area contributed by atoms with Crippen LogP contribution in [0.5, 0.6) is 0 Å². The second kappa shape index (κ2) is 22.0. The minimum atomic E-state index is 0.225. The van der Waals surface area contributed by atoms with Crippen molar-refractivity contribution in [1.29, 1.82) is 0 Å². The minimum Gasteiger partial charge on any atom is -0.324 e. The maximum absolute atomic E-state index is 6.62. The number of hydrogen-bond donors (Lipinski definition) is 1. The summed E-state index contributed by atoms with van der Waals surface area (Å²) in [6.07, 6.45) is 30.3. The van der Waals surface area contributed by atoms with E-state index in [1.54, 1.807) is 0 Å². The van der Waals surface area contributed by atoms with Gasteiger partial charge in [0.1, 0.15) is 0 Å². The lowest BCUT2D eigenvalue weighted by Crippen LogP contribution is -2.12. The van der Waals surface area contributed by atoms with Gasteiger partial charge in [-0.2, -0.15) is 0 Å². The van der Waals surface area contributed by atoms with E-state index in [1.807, 2.05) is 0 Å². The van der Waals surface area contributed by atoms with Crippen molar-refractivity contribution in [3.05, 3.63) is 35.4 Å². The molecule has 0 aliphatic carbocycles. The van der Waals surface area contributed by atoms with Crippen LogP contribution in [0.15, 0.2) is 24.3 Å². The van der Waals surface area contributed by atoms with Crippen molar-refractivity contribution in [2.75, 3.05) is 0 Å². The largest absolute Gasteiger partial charge is 0.324 e. The van der Waals surface area contributed by atoms with Crippen molar-refractivity contribution in [3.8, 4) is 0 Å². The third-order valence-corrected chi connectivity index (χ3v) is 7.12. The van der Waals surface area contributed by atoms with Crippen LogP contribution in [0.2, 0.25) is 0 Å². The molecule has 1 heteroatoms. The third kappa shape index (κ3) is 15.9. The Kier molecular flexibility index (Phi) is 20.1. The lowest BCUT2D eigenvalue weighted by atomic mass is 9.93. The molecule has 0 spiro atoms. The first-order valence-electron chi connectivity index (χ1n) is 14.6. The summed E-state index contributed by atoms with van der Waals surface area (Å²) >= 11 is 0. The SMILES string of the molecule is CCCCCCCCCCCCc1ccccc1C(N)CCCCCCCCCCCC. The third-order valence-electron chi connectivity index (χ3n) is 7.12. The van der Waals surface area contributed by atoms with Gasteiger partial charge in [-0.25, -0.2) is 0 Å². The highest BCUT2D eigenvalue weighted by Crippen LogP contribution is 2.24. The maximum atomic E-state index is 6.62. The molecule has 0 fully saturated rings. The van der Waals surface area contributed by atoms with Crippen LogP contribution in [0.1, 0.15) is 166 Å². The Morgan fingerprint density at radius 3 is 1.44 bits per heavy atom. The molecule has 0 heterocycles. The van der Waals surface area contributed by atoms with Crippen molar-refractivity contribution in [2.24, 2.45) is 5.73 Å². The summed E-state index contributed by atoms with van der Waals surface area (Å²) in [5.74, 6) is 0. The Bertz CT molecular complexity index is 509. The molecule has 0 aliphatic rings. The minimum absolute atomic E-state index is 0.225. The van der Waals surface area contributed by atoms with Crippen LogP contribution < -0.4 is 5.73 Å². The Morgan fingerprint density at radius 2 is 0.938 bits per heavy atom. The molecule has 1 aromatic rings. The summed E-state index contributed by atoms with van der Waals surface area (Å²) in [6, 6.07) is 9.20. The standard InChI is InChI=1S/C31H57N/c1-3-5-7-9-11-13-15-17-19-21-25-29-26-23-24-27-30(29)31(32)28-22-20-18-16-14-12-10-8-6-4-2/h23-24,26-27,31H,3-22,25,28,32H2,1-2H3. The summed E-state index contributed by atoms with van der Waals surface area (Å²) in [6.45, 7) is 4.59. The zero-order chi connectivity index (χ0) is 23.1. The summed E-state index contributed by atoms with van der Waals surface area (Å²) in [4.78, 5) is 0. The molecule has 1 atom stereocenters. The van der Waals surface area contributed by atoms with Crippen LogP contribution in [-0.4, -0.2) is 0 Å². The Hall–Kier alpha value is -0.820. The Labute approximate surface area is 202 Å². The van der Waals surface area contributed by atoms with Gasteiger partial charge in [0.25, 0.3) is 0 Å². The predicted octanol–water partition coefficient (Wildman–Crippen LogP) is 10.5. The fraction of sp³-hybridized carbons (Fsp3) is 0.806. The van der Waals surface area contributed by atoms with E-state index < -0.39 is 0 Å². The van der Waals surface area contributed by atoms with Gasteiger partial charge in [0.15, 0.2) is 0 Å². The average molecular weight is 444 g/mol. The highest BCUT2D eigenvalue weighted by Gasteiger charge is 2.10. The topological polar surface area (TPSA) is 26.0 Å². The van der Waals surface area contributed by atoms with Crippen molar-refractivity contribution >= 4 is 0 Å². The fourth-order valence-corrected chi connectivity index (χ4v) is 4.93. The molecule has 1 rings (SSSR count). The van der Waals surface area contributed by atoms with E-state index in [0.29, 0.717) is 0 Å². The first-order chi connectivity index (χ1) is 15.8. The molecule has 0 saturated heterocycles. The van der Waals surface area contributed by atoms with Crippen molar-refractivity contribution in [3.63, 3.8) is 0 Å². The molecule has 0 amide bonds. The van der Waals surface area contributed by atoms with Crippen LogP contribution in [0.3, 0.4) is 0 Å². The number of nitrogens with two attached hydrogens (primary N) is 1. The van der Waals surface area contributed by atoms with Gasteiger partial charge in [-0.3, -0.25) is 0 Å². The monoisotopic (exact) mass is 443 g/mol. The predicted molar refractivity (Wildman–Crippen MR) is 145 cm³/mol. The zero-order valence-corrected chi connectivity index (χ0v) is 22.0. The summed E-state index contributed by atoms with van der Waals surface area (Å²) < 4.78 is 0. The van der Waals surface area contributed by atoms with Crippen LogP contribution in [-0.2, 0) is 6.42 Å². The normalized spacial score (nSPS) is 12.3. The molecule has 1 nitrogen and oxygen atoms in total. The van der Waals surface area contributed by atoms with Gasteiger partial charge < -0.3 is 5.73 Å². The first-order valence-corrected chi connectivity index (χ1v) is 14.6. The van der Waals surface area contributed by atoms with Gasteiger partial charge in [0, 0.05) is 6.04 Å².